The van der Waals surface area contributed by atoms with Gasteiger partial charge in [-0.2, -0.15) is 5.21 Å². The Morgan fingerprint density at radius 1 is 1.23 bits per heavy atom. The van der Waals surface area contributed by atoms with Crippen LogP contribution in [0.4, 0.5) is 0 Å². The lowest BCUT2D eigenvalue weighted by molar-refractivity contribution is -0.154. The molecule has 3 aromatic rings. The zero-order valence-corrected chi connectivity index (χ0v) is 17.7. The van der Waals surface area contributed by atoms with Crippen LogP contribution in [0.5, 0.6) is 0 Å². The van der Waals surface area contributed by atoms with Gasteiger partial charge in [0.15, 0.2) is 5.82 Å². The summed E-state index contributed by atoms with van der Waals surface area (Å²) >= 11 is 0. The second-order valence-corrected chi connectivity index (χ2v) is 10.1. The van der Waals surface area contributed by atoms with Gasteiger partial charge in [-0.05, 0) is 74.5 Å². The van der Waals surface area contributed by atoms with E-state index in [0.29, 0.717) is 18.0 Å². The molecule has 30 heavy (non-hydrogen) atoms. The number of benzene rings is 1. The van der Waals surface area contributed by atoms with Crippen molar-refractivity contribution in [1.29, 1.82) is 0 Å². The highest BCUT2D eigenvalue weighted by Gasteiger charge is 2.57. The lowest BCUT2D eigenvalue weighted by Crippen LogP contribution is -2.65. The number of hydrogen-bond donors (Lipinski definition) is 3. The highest BCUT2D eigenvalue weighted by molar-refractivity contribution is 5.86. The first-order chi connectivity index (χ1) is 14.5. The van der Waals surface area contributed by atoms with E-state index in [9.17, 15) is 5.11 Å². The van der Waals surface area contributed by atoms with Gasteiger partial charge < -0.3 is 10.1 Å². The number of nitrogens with zero attached hydrogens (tertiary/aromatic N) is 4. The predicted octanol–water partition coefficient (Wildman–Crippen LogP) is 3.39. The fourth-order valence-electron chi connectivity index (χ4n) is 7.16. The Hall–Kier alpha value is -2.25. The summed E-state index contributed by atoms with van der Waals surface area (Å²) in [4.78, 5) is 5.85. The zero-order chi connectivity index (χ0) is 20.5. The number of aliphatic hydroxyl groups excluding tert-OH is 1. The van der Waals surface area contributed by atoms with Crippen molar-refractivity contribution in [2.45, 2.75) is 82.0 Å². The Bertz CT molecular complexity index is 1040. The second kappa shape index (κ2) is 6.62. The Morgan fingerprint density at radius 3 is 2.77 bits per heavy atom. The first-order valence-electron chi connectivity index (χ1n) is 11.3. The number of aromatic nitrogens is 5. The SMILES string of the molecule is Cc1cccc2[nH]cc(C(C)CC(O)N3C4CC5CC3CC(c3nn[nH]n3)(C5)C4)c12. The molecule has 2 aromatic heterocycles. The van der Waals surface area contributed by atoms with Crippen LogP contribution in [-0.2, 0) is 5.41 Å². The molecule has 4 atom stereocenters. The van der Waals surface area contributed by atoms with E-state index in [1.165, 1.54) is 41.3 Å². The van der Waals surface area contributed by atoms with Crippen LogP contribution in [0.2, 0.25) is 0 Å². The maximum atomic E-state index is 11.4. The van der Waals surface area contributed by atoms with Crippen molar-refractivity contribution in [2.75, 3.05) is 0 Å². The van der Waals surface area contributed by atoms with E-state index in [1.54, 1.807) is 0 Å². The molecule has 158 valence electrons. The van der Waals surface area contributed by atoms with Crippen LogP contribution in [-0.4, -0.2) is 53.9 Å². The quantitative estimate of drug-likeness (QED) is 0.604. The maximum absolute atomic E-state index is 11.4. The van der Waals surface area contributed by atoms with Crippen LogP contribution in [0.25, 0.3) is 10.9 Å². The number of fused-ring (bicyclic) bond motifs is 1. The van der Waals surface area contributed by atoms with Crippen LogP contribution in [0, 0.1) is 12.8 Å². The summed E-state index contributed by atoms with van der Waals surface area (Å²) in [6.07, 6.45) is 8.11. The van der Waals surface area contributed by atoms with Crippen LogP contribution >= 0.6 is 0 Å². The summed E-state index contributed by atoms with van der Waals surface area (Å²) in [5, 5.41) is 27.9. The van der Waals surface area contributed by atoms with Crippen molar-refractivity contribution in [2.24, 2.45) is 5.92 Å². The predicted molar refractivity (Wildman–Crippen MR) is 114 cm³/mol. The van der Waals surface area contributed by atoms with Crippen LogP contribution in [0.15, 0.2) is 24.4 Å². The number of aromatic amines is 2. The van der Waals surface area contributed by atoms with E-state index in [2.05, 4.69) is 68.8 Å². The smallest absolute Gasteiger partial charge is 0.180 e. The van der Waals surface area contributed by atoms with Gasteiger partial charge in [0.25, 0.3) is 0 Å². The van der Waals surface area contributed by atoms with Gasteiger partial charge in [0, 0.05) is 34.6 Å². The van der Waals surface area contributed by atoms with Gasteiger partial charge in [0.1, 0.15) is 6.23 Å². The second-order valence-electron chi connectivity index (χ2n) is 10.1. The van der Waals surface area contributed by atoms with Crippen molar-refractivity contribution in [3.05, 3.63) is 41.3 Å². The van der Waals surface area contributed by atoms with E-state index in [-0.39, 0.29) is 5.41 Å². The summed E-state index contributed by atoms with van der Waals surface area (Å²) in [5.74, 6) is 1.90. The Kier molecular flexibility index (Phi) is 4.09. The van der Waals surface area contributed by atoms with Crippen molar-refractivity contribution < 1.29 is 5.11 Å². The minimum atomic E-state index is -0.411. The average molecular weight is 407 g/mol. The molecule has 7 heteroatoms. The maximum Gasteiger partial charge on any atom is 0.180 e. The number of aryl methyl sites for hydroxylation is 1. The van der Waals surface area contributed by atoms with Gasteiger partial charge in [-0.1, -0.05) is 24.3 Å². The molecule has 2 saturated carbocycles. The van der Waals surface area contributed by atoms with Gasteiger partial charge >= 0.3 is 0 Å². The minimum Gasteiger partial charge on any atom is -0.378 e. The third-order valence-corrected chi connectivity index (χ3v) is 8.19. The molecule has 2 aliphatic carbocycles. The lowest BCUT2D eigenvalue weighted by Gasteiger charge is -2.61. The lowest BCUT2D eigenvalue weighted by atomic mass is 9.55. The molecule has 4 heterocycles. The number of tetrazole rings is 1. The molecule has 2 saturated heterocycles. The van der Waals surface area contributed by atoms with E-state index in [1.807, 2.05) is 0 Å². The first-order valence-corrected chi connectivity index (χ1v) is 11.3. The normalized spacial score (nSPS) is 32.7. The van der Waals surface area contributed by atoms with Gasteiger partial charge in [-0.3, -0.25) is 4.90 Å². The summed E-state index contributed by atoms with van der Waals surface area (Å²) in [7, 11) is 0. The van der Waals surface area contributed by atoms with Crippen molar-refractivity contribution in [1.82, 2.24) is 30.5 Å². The van der Waals surface area contributed by atoms with Crippen LogP contribution in [0.1, 0.15) is 68.3 Å². The molecule has 4 fully saturated rings. The van der Waals surface area contributed by atoms with Gasteiger partial charge in [-0.25, -0.2) is 0 Å². The van der Waals surface area contributed by atoms with Crippen molar-refractivity contribution in [3.8, 4) is 0 Å². The number of aliphatic hydroxyl groups is 1. The van der Waals surface area contributed by atoms with Crippen molar-refractivity contribution in [3.63, 3.8) is 0 Å². The van der Waals surface area contributed by atoms with Gasteiger partial charge in [0.05, 0.1) is 0 Å². The third-order valence-electron chi connectivity index (χ3n) is 8.19. The van der Waals surface area contributed by atoms with E-state index < -0.39 is 6.23 Å². The van der Waals surface area contributed by atoms with E-state index in [0.717, 1.165) is 31.0 Å². The molecule has 0 spiro atoms. The molecule has 4 bridgehead atoms. The monoisotopic (exact) mass is 406 g/mol. The summed E-state index contributed by atoms with van der Waals surface area (Å²) in [5.41, 5.74) is 3.85. The molecule has 7 rings (SSSR count). The number of nitrogens with one attached hydrogen (secondary N) is 2. The number of hydrogen-bond acceptors (Lipinski definition) is 5. The van der Waals surface area contributed by atoms with Crippen LogP contribution in [0.3, 0.4) is 0 Å². The highest BCUT2D eigenvalue weighted by atomic mass is 16.3. The summed E-state index contributed by atoms with van der Waals surface area (Å²) in [6.45, 7) is 4.41. The van der Waals surface area contributed by atoms with E-state index in [4.69, 9.17) is 0 Å². The Morgan fingerprint density at radius 2 is 2.03 bits per heavy atom. The topological polar surface area (TPSA) is 93.7 Å². The molecule has 0 amide bonds. The third kappa shape index (κ3) is 2.68. The zero-order valence-electron chi connectivity index (χ0n) is 17.7. The standard InChI is InChI=1S/C23H30N6O/c1-13-4-3-5-19-21(13)18(12-24-19)14(2)6-20(30)29-16-7-15-8-17(29)11-23(9-15,10-16)22-25-27-28-26-22/h3-5,12,14-17,20,24,30H,6-11H2,1-2H3,(H,25,26,27,28). The Labute approximate surface area is 176 Å². The fourth-order valence-corrected chi connectivity index (χ4v) is 7.16. The number of H-pyrrole nitrogens is 2. The number of rotatable bonds is 5. The van der Waals surface area contributed by atoms with E-state index >= 15 is 0 Å². The minimum absolute atomic E-state index is 0.0548. The highest BCUT2D eigenvalue weighted by Crippen LogP contribution is 2.57. The molecular weight excluding hydrogens is 376 g/mol. The molecule has 2 aliphatic heterocycles. The molecular formula is C23H30N6O. The van der Waals surface area contributed by atoms with Crippen LogP contribution < -0.4 is 0 Å². The molecule has 1 aromatic carbocycles. The average Bonchev–Trinajstić information content (AvgIpc) is 3.38. The largest absolute Gasteiger partial charge is 0.378 e. The molecule has 4 unspecified atom stereocenters. The molecule has 4 aliphatic rings. The van der Waals surface area contributed by atoms with Gasteiger partial charge in [-0.15, -0.1) is 10.2 Å². The molecule has 0 radical (unpaired) electrons. The Balaban J connectivity index is 1.23. The first kappa shape index (κ1) is 18.5. The molecule has 7 nitrogen and oxygen atoms in total. The molecule has 3 N–H and O–H groups in total. The van der Waals surface area contributed by atoms with Crippen molar-refractivity contribution >= 4 is 10.9 Å². The fraction of sp³-hybridized carbons (Fsp3) is 0.609. The summed E-state index contributed by atoms with van der Waals surface area (Å²) < 4.78 is 0. The van der Waals surface area contributed by atoms with Gasteiger partial charge in [0.2, 0.25) is 0 Å². The summed E-state index contributed by atoms with van der Waals surface area (Å²) in [6, 6.07) is 7.23. The number of piperidine rings is 2.